The van der Waals surface area contributed by atoms with Crippen LogP contribution in [0.4, 0.5) is 20.8 Å². The zero-order valence-electron chi connectivity index (χ0n) is 19.5. The molecule has 0 spiro atoms. The normalized spacial score (nSPS) is 15.2. The average Bonchev–Trinajstić information content (AvgIpc) is 2.86. The Morgan fingerprint density at radius 1 is 1.19 bits per heavy atom. The third kappa shape index (κ3) is 6.54. The van der Waals surface area contributed by atoms with Gasteiger partial charge in [-0.25, -0.2) is 19.2 Å². The molecule has 5 rings (SSSR count). The van der Waals surface area contributed by atoms with Crippen molar-refractivity contribution in [2.24, 2.45) is 0 Å². The quantitative estimate of drug-likeness (QED) is 0.420. The van der Waals surface area contributed by atoms with Crippen molar-refractivity contribution in [2.75, 3.05) is 23.8 Å². The van der Waals surface area contributed by atoms with Crippen molar-refractivity contribution < 1.29 is 23.8 Å². The minimum Gasteiger partial charge on any atom is -0.480 e. The van der Waals surface area contributed by atoms with Crippen LogP contribution in [0.15, 0.2) is 41.3 Å². The standard InChI is InChI=1S/C16H20FN3O.C8H7N3O4/c17-12-6-7-14-15(10-12)20(16(21)11-19-14)9-8-18-13-4-2-1-3-5-13;12-6-3-15-4-1-2-5(10-8(13)14)9-7(4)11-6/h6-7,10-11,13,18H,1-5,8-9H2;1-2H,3H2,(H,13,14)(H2,9,10,11,12). The van der Waals surface area contributed by atoms with Crippen LogP contribution in [-0.4, -0.2) is 50.8 Å². The minimum absolute atomic E-state index is 0.0552. The van der Waals surface area contributed by atoms with Gasteiger partial charge < -0.3 is 25.0 Å². The molecule has 1 fully saturated rings. The Balaban J connectivity index is 0.000000179. The first-order chi connectivity index (χ1) is 17.4. The van der Waals surface area contributed by atoms with E-state index in [0.717, 1.165) is 6.54 Å². The van der Waals surface area contributed by atoms with Gasteiger partial charge in [0.05, 0.1) is 17.2 Å². The highest BCUT2D eigenvalue weighted by atomic mass is 19.1. The molecule has 36 heavy (non-hydrogen) atoms. The molecule has 0 atom stereocenters. The third-order valence-electron chi connectivity index (χ3n) is 5.89. The number of aromatic nitrogens is 3. The van der Waals surface area contributed by atoms with Gasteiger partial charge in [0.1, 0.15) is 11.6 Å². The van der Waals surface area contributed by atoms with Crippen LogP contribution >= 0.6 is 0 Å². The Morgan fingerprint density at radius 3 is 2.78 bits per heavy atom. The Kier molecular flexibility index (Phi) is 8.06. The van der Waals surface area contributed by atoms with Crippen LogP contribution in [0.3, 0.4) is 0 Å². The van der Waals surface area contributed by atoms with Crippen molar-refractivity contribution in [1.29, 1.82) is 0 Å². The van der Waals surface area contributed by atoms with E-state index in [1.165, 1.54) is 62.6 Å². The number of pyridine rings is 1. The summed E-state index contributed by atoms with van der Waals surface area (Å²) in [7, 11) is 0. The summed E-state index contributed by atoms with van der Waals surface area (Å²) in [6, 6.07) is 7.89. The van der Waals surface area contributed by atoms with Gasteiger partial charge in [0.25, 0.3) is 11.5 Å². The molecular formula is C24H27FN6O5. The molecule has 0 bridgehead atoms. The van der Waals surface area contributed by atoms with Crippen LogP contribution in [0.1, 0.15) is 32.1 Å². The molecule has 1 aliphatic heterocycles. The van der Waals surface area contributed by atoms with Gasteiger partial charge in [0.15, 0.2) is 18.2 Å². The van der Waals surface area contributed by atoms with E-state index in [1.807, 2.05) is 0 Å². The maximum Gasteiger partial charge on any atom is 0.410 e. The molecule has 2 amide bonds. The van der Waals surface area contributed by atoms with Crippen molar-refractivity contribution >= 4 is 34.7 Å². The second-order valence-electron chi connectivity index (χ2n) is 8.48. The van der Waals surface area contributed by atoms with Crippen molar-refractivity contribution in [3.63, 3.8) is 0 Å². The summed E-state index contributed by atoms with van der Waals surface area (Å²) in [5.74, 6) is 0.112. The summed E-state index contributed by atoms with van der Waals surface area (Å²) in [6.45, 7) is 1.21. The van der Waals surface area contributed by atoms with Crippen LogP contribution in [0.5, 0.6) is 5.75 Å². The van der Waals surface area contributed by atoms with Crippen LogP contribution in [0.25, 0.3) is 11.0 Å². The number of carbonyl (C=O) groups is 2. The topological polar surface area (TPSA) is 147 Å². The van der Waals surface area contributed by atoms with E-state index in [4.69, 9.17) is 9.84 Å². The number of hydrogen-bond donors (Lipinski definition) is 4. The lowest BCUT2D eigenvalue weighted by molar-refractivity contribution is -0.118. The van der Waals surface area contributed by atoms with Gasteiger partial charge in [0.2, 0.25) is 0 Å². The maximum absolute atomic E-state index is 13.4. The monoisotopic (exact) mass is 498 g/mol. The number of benzene rings is 1. The van der Waals surface area contributed by atoms with Gasteiger partial charge in [-0.05, 0) is 43.2 Å². The van der Waals surface area contributed by atoms with E-state index in [0.29, 0.717) is 29.4 Å². The van der Waals surface area contributed by atoms with E-state index in [2.05, 4.69) is 25.9 Å². The van der Waals surface area contributed by atoms with Crippen molar-refractivity contribution in [3.05, 3.63) is 52.7 Å². The molecule has 11 nitrogen and oxygen atoms in total. The van der Waals surface area contributed by atoms with Gasteiger partial charge in [0, 0.05) is 19.1 Å². The van der Waals surface area contributed by atoms with E-state index in [-0.39, 0.29) is 35.5 Å². The Labute approximate surface area is 205 Å². The number of carboxylic acid groups (broad SMARTS) is 1. The number of amides is 2. The van der Waals surface area contributed by atoms with Crippen molar-refractivity contribution in [2.45, 2.75) is 44.7 Å². The number of anilines is 2. The van der Waals surface area contributed by atoms with E-state index >= 15 is 0 Å². The predicted octanol–water partition coefficient (Wildman–Crippen LogP) is 2.96. The van der Waals surface area contributed by atoms with E-state index in [1.54, 1.807) is 10.6 Å². The van der Waals surface area contributed by atoms with Gasteiger partial charge in [-0.1, -0.05) is 19.3 Å². The number of nitrogens with zero attached hydrogens (tertiary/aromatic N) is 3. The largest absolute Gasteiger partial charge is 0.480 e. The fourth-order valence-electron chi connectivity index (χ4n) is 4.20. The van der Waals surface area contributed by atoms with Crippen molar-refractivity contribution in [1.82, 2.24) is 19.9 Å². The zero-order valence-corrected chi connectivity index (χ0v) is 19.5. The molecule has 0 saturated heterocycles. The highest BCUT2D eigenvalue weighted by Gasteiger charge is 2.17. The fourth-order valence-corrected chi connectivity index (χ4v) is 4.20. The molecule has 3 aromatic rings. The zero-order chi connectivity index (χ0) is 25.5. The molecule has 2 aliphatic rings. The summed E-state index contributed by atoms with van der Waals surface area (Å²) in [5.41, 5.74) is 1.03. The lowest BCUT2D eigenvalue weighted by Gasteiger charge is -2.23. The number of nitrogens with one attached hydrogen (secondary N) is 3. The predicted molar refractivity (Wildman–Crippen MR) is 131 cm³/mol. The summed E-state index contributed by atoms with van der Waals surface area (Å²) < 4.78 is 20.0. The lowest BCUT2D eigenvalue weighted by atomic mass is 9.95. The molecule has 2 aromatic heterocycles. The molecule has 0 unspecified atom stereocenters. The number of halogens is 1. The summed E-state index contributed by atoms with van der Waals surface area (Å²) in [5, 5.41) is 16.5. The average molecular weight is 499 g/mol. The van der Waals surface area contributed by atoms with Crippen LogP contribution in [0, 0.1) is 5.82 Å². The smallest absolute Gasteiger partial charge is 0.410 e. The lowest BCUT2D eigenvalue weighted by Crippen LogP contribution is -2.35. The SMILES string of the molecule is O=C(O)Nc1ccc2c(n1)NC(=O)CO2.O=c1cnc2ccc(F)cc2n1CCNC1CCCCC1. The molecule has 0 radical (unpaired) electrons. The molecular weight excluding hydrogens is 471 g/mol. The second kappa shape index (κ2) is 11.6. The highest BCUT2D eigenvalue weighted by Crippen LogP contribution is 2.26. The number of fused-ring (bicyclic) bond motifs is 2. The molecule has 1 saturated carbocycles. The second-order valence-corrected chi connectivity index (χ2v) is 8.48. The summed E-state index contributed by atoms with van der Waals surface area (Å²) in [4.78, 5) is 41.2. The Morgan fingerprint density at radius 2 is 2.00 bits per heavy atom. The highest BCUT2D eigenvalue weighted by molar-refractivity contribution is 5.94. The first-order valence-corrected chi connectivity index (χ1v) is 11.7. The van der Waals surface area contributed by atoms with E-state index < -0.39 is 6.09 Å². The van der Waals surface area contributed by atoms with Crippen molar-refractivity contribution in [3.8, 4) is 5.75 Å². The Bertz CT molecular complexity index is 1310. The van der Waals surface area contributed by atoms with Crippen LogP contribution in [-0.2, 0) is 11.3 Å². The molecule has 4 N–H and O–H groups in total. The van der Waals surface area contributed by atoms with Gasteiger partial charge in [-0.2, -0.15) is 0 Å². The van der Waals surface area contributed by atoms with E-state index in [9.17, 15) is 18.8 Å². The molecule has 190 valence electrons. The fraction of sp³-hybridized carbons (Fsp3) is 0.375. The Hall–Kier alpha value is -4.06. The van der Waals surface area contributed by atoms with Gasteiger partial charge in [-0.3, -0.25) is 14.9 Å². The number of ether oxygens (including phenoxy) is 1. The van der Waals surface area contributed by atoms with Crippen LogP contribution in [0.2, 0.25) is 0 Å². The molecule has 1 aliphatic carbocycles. The third-order valence-corrected chi connectivity index (χ3v) is 5.89. The van der Waals surface area contributed by atoms with Crippen LogP contribution < -0.4 is 26.2 Å². The maximum atomic E-state index is 13.4. The summed E-state index contributed by atoms with van der Waals surface area (Å²) >= 11 is 0. The molecule has 3 heterocycles. The minimum atomic E-state index is -1.22. The molecule has 12 heteroatoms. The number of carbonyl (C=O) groups excluding carboxylic acids is 1. The van der Waals surface area contributed by atoms with Gasteiger partial charge in [-0.15, -0.1) is 0 Å². The first kappa shape index (κ1) is 25.0. The number of hydrogen-bond acceptors (Lipinski definition) is 7. The summed E-state index contributed by atoms with van der Waals surface area (Å²) in [6.07, 6.45) is 6.39. The number of rotatable bonds is 5. The van der Waals surface area contributed by atoms with Gasteiger partial charge >= 0.3 is 6.09 Å². The molecule has 1 aromatic carbocycles. The first-order valence-electron chi connectivity index (χ1n) is 11.7.